The van der Waals surface area contributed by atoms with Crippen molar-refractivity contribution in [2.45, 2.75) is 76.3 Å². The molecule has 0 aromatic rings. The van der Waals surface area contributed by atoms with Gasteiger partial charge in [0.2, 0.25) is 5.88 Å². The Morgan fingerprint density at radius 3 is 2.18 bits per heavy atom. The van der Waals surface area contributed by atoms with Crippen LogP contribution in [0.5, 0.6) is 0 Å². The first-order chi connectivity index (χ1) is 13.5. The van der Waals surface area contributed by atoms with E-state index < -0.39 is 35.8 Å². The number of fused-ring (bicyclic) bond motifs is 1. The Kier molecular flexibility index (Phi) is 6.80. The van der Waals surface area contributed by atoms with Gasteiger partial charge in [-0.1, -0.05) is 32.1 Å². The number of carboxylic acid groups (broad SMARTS) is 1. The van der Waals surface area contributed by atoms with Crippen LogP contribution in [0.2, 0.25) is 0 Å². The van der Waals surface area contributed by atoms with E-state index in [1.54, 1.807) is 0 Å². The molecule has 0 aromatic heterocycles. The Balaban J connectivity index is 1.72. The van der Waals surface area contributed by atoms with Gasteiger partial charge in [-0.3, -0.25) is 14.4 Å². The van der Waals surface area contributed by atoms with Gasteiger partial charge >= 0.3 is 5.97 Å². The second kappa shape index (κ2) is 9.30. The Hall–Kier alpha value is -2.25. The average Bonchev–Trinajstić information content (AvgIpc) is 2.62. The van der Waals surface area contributed by atoms with Crippen molar-refractivity contribution in [1.29, 1.82) is 0 Å². The van der Waals surface area contributed by atoms with Gasteiger partial charge in [-0.05, 0) is 43.9 Å². The van der Waals surface area contributed by atoms with Gasteiger partial charge in [-0.2, -0.15) is 0 Å². The second-order valence-corrected chi connectivity index (χ2v) is 8.29. The van der Waals surface area contributed by atoms with Crippen molar-refractivity contribution in [3.05, 3.63) is 11.5 Å². The van der Waals surface area contributed by atoms with E-state index in [4.69, 9.17) is 5.11 Å². The smallest absolute Gasteiger partial charge is 0.322 e. The van der Waals surface area contributed by atoms with Crippen molar-refractivity contribution in [2.75, 3.05) is 6.54 Å². The fourth-order valence-electron chi connectivity index (χ4n) is 4.79. The number of rotatable bonds is 7. The minimum Gasteiger partial charge on any atom is -0.494 e. The Labute approximate surface area is 165 Å². The number of nitrogens with one attached hydrogen (secondary N) is 3. The molecular weight excluding hydrogens is 362 g/mol. The molecular formula is C20H31N3O5. The fraction of sp³-hybridized carbons (Fsp3) is 0.750. The molecule has 3 aliphatic carbocycles. The van der Waals surface area contributed by atoms with Crippen molar-refractivity contribution in [1.82, 2.24) is 16.0 Å². The normalized spacial score (nSPS) is 28.2. The van der Waals surface area contributed by atoms with Gasteiger partial charge in [0.05, 0.1) is 0 Å². The van der Waals surface area contributed by atoms with Crippen molar-refractivity contribution in [3.63, 3.8) is 0 Å². The largest absolute Gasteiger partial charge is 0.494 e. The molecule has 8 nitrogen and oxygen atoms in total. The summed E-state index contributed by atoms with van der Waals surface area (Å²) in [5.41, 5.74) is -0.423. The van der Waals surface area contributed by atoms with E-state index in [1.165, 1.54) is 12.8 Å². The van der Waals surface area contributed by atoms with E-state index in [0.717, 1.165) is 51.4 Å². The number of aliphatic hydroxyl groups is 1. The quantitative estimate of drug-likeness (QED) is 0.193. The van der Waals surface area contributed by atoms with Crippen LogP contribution in [0.25, 0.3) is 0 Å². The molecule has 0 aromatic carbocycles. The first-order valence-electron chi connectivity index (χ1n) is 10.5. The predicted molar refractivity (Wildman–Crippen MR) is 102 cm³/mol. The van der Waals surface area contributed by atoms with Crippen molar-refractivity contribution < 1.29 is 24.6 Å². The van der Waals surface area contributed by atoms with Crippen LogP contribution >= 0.6 is 0 Å². The molecule has 0 aliphatic heterocycles. The van der Waals surface area contributed by atoms with E-state index in [2.05, 4.69) is 16.0 Å². The van der Waals surface area contributed by atoms with Crippen LogP contribution in [0, 0.1) is 11.8 Å². The van der Waals surface area contributed by atoms with Gasteiger partial charge in [0, 0.05) is 12.1 Å². The molecule has 3 atom stereocenters. The van der Waals surface area contributed by atoms with E-state index in [0.29, 0.717) is 11.8 Å². The fourth-order valence-corrected chi connectivity index (χ4v) is 4.79. The number of aliphatic carboxylic acids is 1. The molecule has 0 radical (unpaired) electrons. The molecule has 28 heavy (non-hydrogen) atoms. The number of aliphatic hydroxyl groups excluding tert-OH is 1. The molecule has 3 rings (SSSR count). The number of hydrogen-bond acceptors (Lipinski definition) is 5. The van der Waals surface area contributed by atoms with Crippen LogP contribution in [0.1, 0.15) is 64.2 Å². The summed E-state index contributed by atoms with van der Waals surface area (Å²) in [6, 6.07) is 0.0132. The monoisotopic (exact) mass is 393 g/mol. The SMILES string of the molecule is O=C(O)CNC(=O)/C(C(=O)NC1CCCCC1)=C(\O)N[C@@H]1CCCC2CC[C@H]21. The molecule has 2 amide bonds. The van der Waals surface area contributed by atoms with Gasteiger partial charge in [0.1, 0.15) is 6.54 Å². The highest BCUT2D eigenvalue weighted by Gasteiger charge is 2.40. The summed E-state index contributed by atoms with van der Waals surface area (Å²) in [6.45, 7) is -0.611. The van der Waals surface area contributed by atoms with E-state index >= 15 is 0 Å². The summed E-state index contributed by atoms with van der Waals surface area (Å²) in [5.74, 6) is -2.08. The van der Waals surface area contributed by atoms with Gasteiger partial charge in [0.15, 0.2) is 5.57 Å². The summed E-state index contributed by atoms with van der Waals surface area (Å²) in [6.07, 6.45) is 10.3. The molecule has 3 fully saturated rings. The maximum Gasteiger partial charge on any atom is 0.322 e. The number of carbonyl (C=O) groups is 3. The van der Waals surface area contributed by atoms with E-state index in [-0.39, 0.29) is 12.1 Å². The average molecular weight is 393 g/mol. The number of amides is 2. The lowest BCUT2D eigenvalue weighted by atomic mass is 9.63. The molecule has 0 bridgehead atoms. The van der Waals surface area contributed by atoms with Crippen LogP contribution in [0.15, 0.2) is 11.5 Å². The molecule has 0 spiro atoms. The first-order valence-corrected chi connectivity index (χ1v) is 10.5. The van der Waals surface area contributed by atoms with Gasteiger partial charge < -0.3 is 26.2 Å². The Bertz CT molecular complexity index is 642. The molecule has 3 aliphatic rings. The lowest BCUT2D eigenvalue weighted by Crippen LogP contribution is -2.49. The van der Waals surface area contributed by atoms with Gasteiger partial charge in [-0.15, -0.1) is 0 Å². The van der Waals surface area contributed by atoms with Crippen LogP contribution < -0.4 is 16.0 Å². The summed E-state index contributed by atoms with van der Waals surface area (Å²) < 4.78 is 0. The van der Waals surface area contributed by atoms with Crippen molar-refractivity contribution in [3.8, 4) is 0 Å². The highest BCUT2D eigenvalue weighted by Crippen LogP contribution is 2.45. The molecule has 8 heteroatoms. The van der Waals surface area contributed by atoms with Crippen LogP contribution in [0.4, 0.5) is 0 Å². The van der Waals surface area contributed by atoms with Gasteiger partial charge in [0.25, 0.3) is 11.8 Å². The molecule has 5 N–H and O–H groups in total. The standard InChI is InChI=1S/C20H31N3O5/c24-16(25)11-21-18(26)17(19(27)22-13-6-2-1-3-7-13)20(28)23-15-8-4-5-12-9-10-14(12)15/h12-15,23,28H,1-11H2,(H,21,26)(H,22,27)(H,24,25)/b20-17+/t12?,14-,15-/m1/s1. The highest BCUT2D eigenvalue weighted by atomic mass is 16.4. The van der Waals surface area contributed by atoms with Crippen LogP contribution in [-0.2, 0) is 14.4 Å². The third-order valence-electron chi connectivity index (χ3n) is 6.44. The molecule has 0 heterocycles. The lowest BCUT2D eigenvalue weighted by molar-refractivity contribution is -0.138. The van der Waals surface area contributed by atoms with E-state index in [9.17, 15) is 19.5 Å². The summed E-state index contributed by atoms with van der Waals surface area (Å²) >= 11 is 0. The van der Waals surface area contributed by atoms with Crippen LogP contribution in [0.3, 0.4) is 0 Å². The maximum atomic E-state index is 12.8. The third kappa shape index (κ3) is 4.97. The molecule has 0 saturated heterocycles. The second-order valence-electron chi connectivity index (χ2n) is 8.29. The maximum absolute atomic E-state index is 12.8. The summed E-state index contributed by atoms with van der Waals surface area (Å²) in [7, 11) is 0. The molecule has 1 unspecified atom stereocenters. The zero-order chi connectivity index (χ0) is 20.1. The number of carbonyl (C=O) groups excluding carboxylic acids is 2. The van der Waals surface area contributed by atoms with E-state index in [1.807, 2.05) is 0 Å². The first kappa shape index (κ1) is 20.5. The summed E-state index contributed by atoms with van der Waals surface area (Å²) in [4.78, 5) is 36.0. The van der Waals surface area contributed by atoms with Gasteiger partial charge in [-0.25, -0.2) is 0 Å². The number of hydrogen-bond donors (Lipinski definition) is 5. The minimum absolute atomic E-state index is 0.0259. The third-order valence-corrected chi connectivity index (χ3v) is 6.44. The molecule has 3 saturated carbocycles. The summed E-state index contributed by atoms with van der Waals surface area (Å²) in [5, 5.41) is 27.5. The lowest BCUT2D eigenvalue weighted by Gasteiger charge is -2.46. The molecule has 156 valence electrons. The zero-order valence-electron chi connectivity index (χ0n) is 16.2. The Morgan fingerprint density at radius 2 is 1.54 bits per heavy atom. The predicted octanol–water partition coefficient (Wildman–Crippen LogP) is 1.57. The van der Waals surface area contributed by atoms with Crippen LogP contribution in [-0.4, -0.2) is 46.6 Å². The topological polar surface area (TPSA) is 128 Å². The number of carboxylic acids is 1. The minimum atomic E-state index is -1.21. The van der Waals surface area contributed by atoms with Crippen molar-refractivity contribution >= 4 is 17.8 Å². The highest BCUT2D eigenvalue weighted by molar-refractivity contribution is 6.19. The zero-order valence-corrected chi connectivity index (χ0v) is 16.2. The van der Waals surface area contributed by atoms with Crippen molar-refractivity contribution in [2.24, 2.45) is 11.8 Å². The Morgan fingerprint density at radius 1 is 0.786 bits per heavy atom.